The summed E-state index contributed by atoms with van der Waals surface area (Å²) in [5.74, 6) is -0.674. The van der Waals surface area contributed by atoms with Crippen LogP contribution in [0.25, 0.3) is 0 Å². The molecule has 4 nitrogen and oxygen atoms in total. The predicted molar refractivity (Wildman–Crippen MR) is 78.5 cm³/mol. The highest BCUT2D eigenvalue weighted by Gasteiger charge is 2.43. The average molecular weight is 270 g/mol. The van der Waals surface area contributed by atoms with E-state index in [1.807, 2.05) is 6.92 Å². The van der Waals surface area contributed by atoms with Gasteiger partial charge in [-0.3, -0.25) is 4.79 Å². The fourth-order valence-electron chi connectivity index (χ4n) is 3.38. The van der Waals surface area contributed by atoms with Crippen LogP contribution >= 0.6 is 0 Å². The Morgan fingerprint density at radius 1 is 1.32 bits per heavy atom. The summed E-state index contributed by atoms with van der Waals surface area (Å²) in [5.41, 5.74) is -0.697. The third-order valence-electron chi connectivity index (χ3n) is 4.19. The smallest absolute Gasteiger partial charge is 0.323 e. The van der Waals surface area contributed by atoms with Crippen LogP contribution in [0.1, 0.15) is 59.3 Å². The SMILES string of the molecule is CCCN(CCC)C1CCCC(NCC)(C(=O)O)C1. The van der Waals surface area contributed by atoms with Crippen molar-refractivity contribution in [2.45, 2.75) is 70.9 Å². The van der Waals surface area contributed by atoms with E-state index in [-0.39, 0.29) is 0 Å². The first-order chi connectivity index (χ1) is 9.09. The standard InChI is InChI=1S/C15H30N2O2/c1-4-10-17(11-5-2)13-8-7-9-15(12-13,14(18)19)16-6-3/h13,16H,4-12H2,1-3H3,(H,18,19). The van der Waals surface area contributed by atoms with E-state index in [0.29, 0.717) is 6.04 Å². The summed E-state index contributed by atoms with van der Waals surface area (Å²) in [7, 11) is 0. The Bertz CT molecular complexity index is 273. The normalized spacial score (nSPS) is 27.7. The van der Waals surface area contributed by atoms with Crippen molar-refractivity contribution in [3.05, 3.63) is 0 Å². The number of hydrogen-bond donors (Lipinski definition) is 2. The van der Waals surface area contributed by atoms with Gasteiger partial charge in [-0.25, -0.2) is 0 Å². The zero-order valence-corrected chi connectivity index (χ0v) is 12.7. The van der Waals surface area contributed by atoms with Gasteiger partial charge in [0.15, 0.2) is 0 Å². The minimum Gasteiger partial charge on any atom is -0.480 e. The molecule has 2 unspecified atom stereocenters. The van der Waals surface area contributed by atoms with Crippen LogP contribution in [0.2, 0.25) is 0 Å². The first-order valence-corrected chi connectivity index (χ1v) is 7.82. The molecule has 112 valence electrons. The van der Waals surface area contributed by atoms with Crippen molar-refractivity contribution in [3.8, 4) is 0 Å². The Morgan fingerprint density at radius 3 is 2.42 bits per heavy atom. The fourth-order valence-corrected chi connectivity index (χ4v) is 3.38. The van der Waals surface area contributed by atoms with Crippen molar-refractivity contribution >= 4 is 5.97 Å². The van der Waals surface area contributed by atoms with E-state index in [1.165, 1.54) is 0 Å². The molecule has 4 heteroatoms. The topological polar surface area (TPSA) is 52.6 Å². The minimum atomic E-state index is -0.697. The fraction of sp³-hybridized carbons (Fsp3) is 0.933. The van der Waals surface area contributed by atoms with Gasteiger partial charge in [-0.2, -0.15) is 0 Å². The molecule has 0 aromatic rings. The highest BCUT2D eigenvalue weighted by atomic mass is 16.4. The van der Waals surface area contributed by atoms with Gasteiger partial charge >= 0.3 is 5.97 Å². The van der Waals surface area contributed by atoms with Gasteiger partial charge < -0.3 is 15.3 Å². The number of likely N-dealkylation sites (N-methyl/N-ethyl adjacent to an activating group) is 1. The van der Waals surface area contributed by atoms with Gasteiger partial charge in [-0.15, -0.1) is 0 Å². The highest BCUT2D eigenvalue weighted by Crippen LogP contribution is 2.32. The third kappa shape index (κ3) is 4.18. The van der Waals surface area contributed by atoms with Gasteiger partial charge in [0.25, 0.3) is 0 Å². The van der Waals surface area contributed by atoms with Crippen LogP contribution in [-0.4, -0.2) is 47.2 Å². The lowest BCUT2D eigenvalue weighted by Crippen LogP contribution is -2.58. The second kappa shape index (κ2) is 7.85. The van der Waals surface area contributed by atoms with Crippen molar-refractivity contribution in [1.29, 1.82) is 0 Å². The second-order valence-electron chi connectivity index (χ2n) is 5.70. The van der Waals surface area contributed by atoms with E-state index in [0.717, 1.165) is 58.2 Å². The van der Waals surface area contributed by atoms with Gasteiger partial charge in [0.2, 0.25) is 0 Å². The Labute approximate surface area is 117 Å². The molecule has 0 amide bonds. The van der Waals surface area contributed by atoms with Crippen molar-refractivity contribution in [2.75, 3.05) is 19.6 Å². The lowest BCUT2D eigenvalue weighted by Gasteiger charge is -2.42. The molecule has 0 aliphatic heterocycles. The Kier molecular flexibility index (Phi) is 6.80. The first-order valence-electron chi connectivity index (χ1n) is 7.82. The van der Waals surface area contributed by atoms with Crippen molar-refractivity contribution in [2.24, 2.45) is 0 Å². The van der Waals surface area contributed by atoms with Crippen LogP contribution in [0.4, 0.5) is 0 Å². The Morgan fingerprint density at radius 2 is 1.95 bits per heavy atom. The number of carboxylic acid groups (broad SMARTS) is 1. The molecule has 0 aromatic carbocycles. The number of nitrogens with one attached hydrogen (secondary N) is 1. The Hall–Kier alpha value is -0.610. The zero-order chi connectivity index (χ0) is 14.3. The maximum atomic E-state index is 11.7. The summed E-state index contributed by atoms with van der Waals surface area (Å²) in [4.78, 5) is 14.2. The molecule has 2 N–H and O–H groups in total. The summed E-state index contributed by atoms with van der Waals surface area (Å²) in [6.07, 6.45) is 5.93. The highest BCUT2D eigenvalue weighted by molar-refractivity contribution is 5.79. The summed E-state index contributed by atoms with van der Waals surface area (Å²) in [6, 6.07) is 0.420. The number of rotatable bonds is 8. The maximum absolute atomic E-state index is 11.7. The quantitative estimate of drug-likeness (QED) is 0.711. The van der Waals surface area contributed by atoms with E-state index in [4.69, 9.17) is 0 Å². The molecule has 1 saturated carbocycles. The summed E-state index contributed by atoms with van der Waals surface area (Å²) in [6.45, 7) is 9.27. The van der Waals surface area contributed by atoms with Crippen LogP contribution in [0.5, 0.6) is 0 Å². The van der Waals surface area contributed by atoms with E-state index < -0.39 is 11.5 Å². The zero-order valence-electron chi connectivity index (χ0n) is 12.7. The van der Waals surface area contributed by atoms with Crippen LogP contribution in [0.15, 0.2) is 0 Å². The van der Waals surface area contributed by atoms with Gasteiger partial charge in [0.1, 0.15) is 5.54 Å². The molecule has 2 atom stereocenters. The van der Waals surface area contributed by atoms with E-state index in [2.05, 4.69) is 24.1 Å². The molecule has 0 spiro atoms. The molecule has 1 aliphatic carbocycles. The number of hydrogen-bond acceptors (Lipinski definition) is 3. The second-order valence-corrected chi connectivity index (χ2v) is 5.70. The van der Waals surface area contributed by atoms with E-state index in [9.17, 15) is 9.90 Å². The number of aliphatic carboxylic acids is 1. The monoisotopic (exact) mass is 270 g/mol. The molecule has 0 aromatic heterocycles. The Balaban J connectivity index is 2.77. The van der Waals surface area contributed by atoms with Crippen molar-refractivity contribution in [3.63, 3.8) is 0 Å². The first kappa shape index (κ1) is 16.4. The van der Waals surface area contributed by atoms with Crippen LogP contribution < -0.4 is 5.32 Å². The lowest BCUT2D eigenvalue weighted by atomic mass is 9.78. The number of carboxylic acids is 1. The summed E-state index contributed by atoms with van der Waals surface area (Å²) >= 11 is 0. The average Bonchev–Trinajstić information content (AvgIpc) is 2.39. The molecule has 1 aliphatic rings. The van der Waals surface area contributed by atoms with Gasteiger partial charge in [0, 0.05) is 6.04 Å². The molecule has 19 heavy (non-hydrogen) atoms. The molecule has 0 bridgehead atoms. The van der Waals surface area contributed by atoms with Crippen molar-refractivity contribution < 1.29 is 9.90 Å². The van der Waals surface area contributed by atoms with Crippen LogP contribution in [0.3, 0.4) is 0 Å². The van der Waals surface area contributed by atoms with Crippen LogP contribution in [0, 0.1) is 0 Å². The summed E-state index contributed by atoms with van der Waals surface area (Å²) in [5, 5.41) is 12.8. The molecular weight excluding hydrogens is 240 g/mol. The third-order valence-corrected chi connectivity index (χ3v) is 4.19. The summed E-state index contributed by atoms with van der Waals surface area (Å²) < 4.78 is 0. The van der Waals surface area contributed by atoms with Gasteiger partial charge in [-0.1, -0.05) is 20.8 Å². The lowest BCUT2D eigenvalue weighted by molar-refractivity contribution is -0.147. The molecule has 0 radical (unpaired) electrons. The van der Waals surface area contributed by atoms with Gasteiger partial charge in [0.05, 0.1) is 0 Å². The van der Waals surface area contributed by atoms with E-state index >= 15 is 0 Å². The minimum absolute atomic E-state index is 0.420. The molecule has 0 saturated heterocycles. The number of carbonyl (C=O) groups is 1. The van der Waals surface area contributed by atoms with E-state index in [1.54, 1.807) is 0 Å². The molecule has 0 heterocycles. The van der Waals surface area contributed by atoms with Crippen molar-refractivity contribution in [1.82, 2.24) is 10.2 Å². The maximum Gasteiger partial charge on any atom is 0.323 e. The number of nitrogens with zero attached hydrogens (tertiary/aromatic N) is 1. The van der Waals surface area contributed by atoms with Crippen LogP contribution in [-0.2, 0) is 4.79 Å². The molecule has 1 rings (SSSR count). The molecular formula is C15H30N2O2. The molecule has 1 fully saturated rings. The largest absolute Gasteiger partial charge is 0.480 e. The van der Waals surface area contributed by atoms with Gasteiger partial charge in [-0.05, 0) is 58.2 Å². The predicted octanol–water partition coefficient (Wildman–Crippen LogP) is 2.48.